The Hall–Kier alpha value is -2.09. The van der Waals surface area contributed by atoms with Gasteiger partial charge in [0.05, 0.1) is 0 Å². The molecule has 0 radical (unpaired) electrons. The quantitative estimate of drug-likeness (QED) is 0.678. The highest BCUT2D eigenvalue weighted by atomic mass is 16.5. The molecule has 1 aliphatic heterocycles. The molecule has 2 aromatic rings. The van der Waals surface area contributed by atoms with Gasteiger partial charge in [0.25, 0.3) is 0 Å². The molecule has 0 atom stereocenters. The van der Waals surface area contributed by atoms with Crippen LogP contribution in [0.5, 0.6) is 5.75 Å². The first-order valence-electron chi connectivity index (χ1n) is 9.61. The van der Waals surface area contributed by atoms with Crippen LogP contribution in [0.3, 0.4) is 0 Å². The van der Waals surface area contributed by atoms with E-state index in [0.717, 1.165) is 30.5 Å². The number of fused-ring (bicyclic) bond motifs is 1. The summed E-state index contributed by atoms with van der Waals surface area (Å²) in [4.78, 5) is 4.80. The van der Waals surface area contributed by atoms with E-state index < -0.39 is 0 Å². The van der Waals surface area contributed by atoms with Gasteiger partial charge >= 0.3 is 0 Å². The Bertz CT molecular complexity index is 767. The van der Waals surface area contributed by atoms with Gasteiger partial charge in [0, 0.05) is 12.5 Å². The van der Waals surface area contributed by atoms with Crippen molar-refractivity contribution in [1.29, 1.82) is 0 Å². The SMILES string of the molecule is Cc1ccc(-c2ccc3c(c2)CCN=C(C2CCC(C)CC2)O3)cc1. The van der Waals surface area contributed by atoms with E-state index in [2.05, 4.69) is 56.3 Å². The summed E-state index contributed by atoms with van der Waals surface area (Å²) in [6, 6.07) is 15.3. The second-order valence-electron chi connectivity index (χ2n) is 7.72. The molecule has 0 saturated heterocycles. The summed E-state index contributed by atoms with van der Waals surface area (Å²) in [6.45, 7) is 5.32. The maximum atomic E-state index is 6.29. The van der Waals surface area contributed by atoms with Crippen LogP contribution in [-0.4, -0.2) is 12.4 Å². The zero-order valence-corrected chi connectivity index (χ0v) is 15.3. The van der Waals surface area contributed by atoms with E-state index in [1.165, 1.54) is 47.9 Å². The molecule has 25 heavy (non-hydrogen) atoms. The van der Waals surface area contributed by atoms with Crippen LogP contribution in [0.1, 0.15) is 43.7 Å². The third-order valence-corrected chi connectivity index (χ3v) is 5.67. The van der Waals surface area contributed by atoms with E-state index in [4.69, 9.17) is 9.73 Å². The van der Waals surface area contributed by atoms with Crippen molar-refractivity contribution in [2.45, 2.75) is 46.0 Å². The summed E-state index contributed by atoms with van der Waals surface area (Å²) in [5.41, 5.74) is 5.10. The van der Waals surface area contributed by atoms with Crippen LogP contribution in [0.25, 0.3) is 11.1 Å². The Kier molecular flexibility index (Phi) is 4.61. The van der Waals surface area contributed by atoms with E-state index in [-0.39, 0.29) is 0 Å². The first kappa shape index (κ1) is 16.4. The third-order valence-electron chi connectivity index (χ3n) is 5.67. The van der Waals surface area contributed by atoms with E-state index in [0.29, 0.717) is 5.92 Å². The maximum Gasteiger partial charge on any atom is 0.193 e. The number of aliphatic imine (C=N–C) groups is 1. The van der Waals surface area contributed by atoms with Crippen molar-refractivity contribution < 1.29 is 4.74 Å². The van der Waals surface area contributed by atoms with Crippen molar-refractivity contribution in [2.75, 3.05) is 6.54 Å². The Morgan fingerprint density at radius 3 is 2.40 bits per heavy atom. The van der Waals surface area contributed by atoms with Crippen LogP contribution in [-0.2, 0) is 6.42 Å². The number of benzene rings is 2. The van der Waals surface area contributed by atoms with Crippen molar-refractivity contribution in [2.24, 2.45) is 16.8 Å². The molecule has 0 N–H and O–H groups in total. The molecule has 0 aromatic heterocycles. The molecule has 0 spiro atoms. The highest BCUT2D eigenvalue weighted by Crippen LogP contribution is 2.33. The lowest BCUT2D eigenvalue weighted by molar-refractivity contribution is 0.319. The molecule has 1 saturated carbocycles. The molecule has 0 amide bonds. The standard InChI is InChI=1S/C23H27NO/c1-16-3-7-18(8-4-16)20-11-12-22-21(15-20)13-14-24-23(25-22)19-9-5-17(2)6-10-19/h3-4,7-8,11-12,15,17,19H,5-6,9-10,13-14H2,1-2H3. The highest BCUT2D eigenvalue weighted by Gasteiger charge is 2.26. The fraction of sp³-hybridized carbons (Fsp3) is 0.435. The lowest BCUT2D eigenvalue weighted by Crippen LogP contribution is -2.25. The van der Waals surface area contributed by atoms with Crippen LogP contribution < -0.4 is 4.74 Å². The van der Waals surface area contributed by atoms with Crippen LogP contribution in [0.2, 0.25) is 0 Å². The topological polar surface area (TPSA) is 21.6 Å². The summed E-state index contributed by atoms with van der Waals surface area (Å²) < 4.78 is 6.29. The molecule has 2 aliphatic rings. The van der Waals surface area contributed by atoms with Gasteiger partial charge in [-0.05, 0) is 73.8 Å². The minimum absolute atomic E-state index is 0.513. The van der Waals surface area contributed by atoms with Crippen molar-refractivity contribution in [3.05, 3.63) is 53.6 Å². The molecule has 4 rings (SSSR count). The number of rotatable bonds is 2. The summed E-state index contributed by atoms with van der Waals surface area (Å²) >= 11 is 0. The zero-order valence-electron chi connectivity index (χ0n) is 15.3. The van der Waals surface area contributed by atoms with Gasteiger partial charge in [0.15, 0.2) is 5.90 Å². The van der Waals surface area contributed by atoms with E-state index in [9.17, 15) is 0 Å². The highest BCUT2D eigenvalue weighted by molar-refractivity contribution is 5.82. The molecule has 2 aromatic carbocycles. The Labute approximate surface area is 151 Å². The maximum absolute atomic E-state index is 6.29. The van der Waals surface area contributed by atoms with Gasteiger partial charge in [-0.3, -0.25) is 4.99 Å². The minimum Gasteiger partial charge on any atom is -0.443 e. The monoisotopic (exact) mass is 333 g/mol. The predicted molar refractivity (Wildman–Crippen MR) is 104 cm³/mol. The lowest BCUT2D eigenvalue weighted by Gasteiger charge is -2.26. The van der Waals surface area contributed by atoms with Gasteiger partial charge in [-0.1, -0.05) is 42.8 Å². The predicted octanol–water partition coefficient (Wildman–Crippen LogP) is 5.82. The van der Waals surface area contributed by atoms with E-state index in [1.54, 1.807) is 0 Å². The third kappa shape index (κ3) is 3.63. The summed E-state index contributed by atoms with van der Waals surface area (Å²) in [7, 11) is 0. The molecule has 130 valence electrons. The average molecular weight is 333 g/mol. The number of hydrogen-bond donors (Lipinski definition) is 0. The largest absolute Gasteiger partial charge is 0.443 e. The van der Waals surface area contributed by atoms with Gasteiger partial charge in [0.1, 0.15) is 5.75 Å². The van der Waals surface area contributed by atoms with Crippen molar-refractivity contribution >= 4 is 5.90 Å². The van der Waals surface area contributed by atoms with Crippen LogP contribution in [0.15, 0.2) is 47.5 Å². The second kappa shape index (κ2) is 7.03. The van der Waals surface area contributed by atoms with Crippen LogP contribution in [0, 0.1) is 18.8 Å². The van der Waals surface area contributed by atoms with Gasteiger partial charge in [0.2, 0.25) is 0 Å². The molecule has 1 aliphatic carbocycles. The van der Waals surface area contributed by atoms with E-state index in [1.807, 2.05) is 0 Å². The molecular formula is C23H27NO. The summed E-state index contributed by atoms with van der Waals surface area (Å²) in [5, 5.41) is 0. The molecule has 0 bridgehead atoms. The smallest absolute Gasteiger partial charge is 0.193 e. The number of hydrogen-bond acceptors (Lipinski definition) is 2. The van der Waals surface area contributed by atoms with Crippen molar-refractivity contribution in [3.63, 3.8) is 0 Å². The van der Waals surface area contributed by atoms with Gasteiger partial charge in [-0.15, -0.1) is 0 Å². The molecular weight excluding hydrogens is 306 g/mol. The summed E-state index contributed by atoms with van der Waals surface area (Å²) in [6.07, 6.45) is 5.99. The van der Waals surface area contributed by atoms with Crippen molar-refractivity contribution in [3.8, 4) is 16.9 Å². The Morgan fingerprint density at radius 2 is 1.64 bits per heavy atom. The Morgan fingerprint density at radius 1 is 0.920 bits per heavy atom. The zero-order chi connectivity index (χ0) is 17.2. The molecule has 2 heteroatoms. The van der Waals surface area contributed by atoms with Crippen LogP contribution in [0.4, 0.5) is 0 Å². The second-order valence-corrected chi connectivity index (χ2v) is 7.72. The minimum atomic E-state index is 0.513. The molecule has 1 fully saturated rings. The van der Waals surface area contributed by atoms with Crippen molar-refractivity contribution in [1.82, 2.24) is 0 Å². The first-order valence-corrected chi connectivity index (χ1v) is 9.61. The van der Waals surface area contributed by atoms with Gasteiger partial charge in [-0.2, -0.15) is 0 Å². The van der Waals surface area contributed by atoms with E-state index >= 15 is 0 Å². The number of nitrogens with zero attached hydrogens (tertiary/aromatic N) is 1. The molecule has 0 unspecified atom stereocenters. The average Bonchev–Trinajstić information content (AvgIpc) is 2.85. The molecule has 1 heterocycles. The lowest BCUT2D eigenvalue weighted by atomic mass is 9.83. The molecule has 2 nitrogen and oxygen atoms in total. The van der Waals surface area contributed by atoms with Gasteiger partial charge < -0.3 is 4.74 Å². The fourth-order valence-corrected chi connectivity index (χ4v) is 3.95. The summed E-state index contributed by atoms with van der Waals surface area (Å²) in [5.74, 6) is 3.35. The number of aryl methyl sites for hydroxylation is 1. The first-order chi connectivity index (χ1) is 12.2. The van der Waals surface area contributed by atoms with Crippen LogP contribution >= 0.6 is 0 Å². The fourth-order valence-electron chi connectivity index (χ4n) is 3.95. The Balaban J connectivity index is 1.55. The number of ether oxygens (including phenoxy) is 1. The normalized spacial score (nSPS) is 23.2. The van der Waals surface area contributed by atoms with Gasteiger partial charge in [-0.25, -0.2) is 0 Å².